The highest BCUT2D eigenvalue weighted by atomic mass is 16.5. The minimum Gasteiger partial charge on any atom is -0.458 e. The van der Waals surface area contributed by atoms with Gasteiger partial charge < -0.3 is 28.7 Å². The average Bonchev–Trinajstić information content (AvgIpc) is 3.17. The summed E-state index contributed by atoms with van der Waals surface area (Å²) in [4.78, 5) is 4.79. The van der Waals surface area contributed by atoms with Crippen molar-refractivity contribution in [3.05, 3.63) is 133 Å². The van der Waals surface area contributed by atoms with Crippen LogP contribution in [0.4, 0.5) is 34.1 Å². The standard InChI is InChI=1S/C42H22B2N2O4/c1-5-13-31-23(9-1)43-25-21-26-30(22-29(25)45-27-11-3-7-15-33(27)49-37-19-17-35(47-31)39(43)41(37)45)46-28-12-4-8-16-34(28)50-38-20-18-36-40(42(38)46)44(26)24-10-2-6-14-32(24)48-36/h1-22H. The zero-order valence-corrected chi connectivity index (χ0v) is 26.4. The molecule has 0 atom stereocenters. The van der Waals surface area contributed by atoms with Crippen LogP contribution in [0.15, 0.2) is 133 Å². The summed E-state index contributed by atoms with van der Waals surface area (Å²) in [7, 11) is 0. The highest BCUT2D eigenvalue weighted by molar-refractivity contribution is 7.02. The Morgan fingerprint density at radius 2 is 0.720 bits per heavy atom. The molecule has 0 saturated heterocycles. The maximum absolute atomic E-state index is 6.65. The van der Waals surface area contributed by atoms with E-state index in [0.29, 0.717) is 0 Å². The normalized spacial score (nSPS) is 14.9. The van der Waals surface area contributed by atoms with Gasteiger partial charge in [-0.25, -0.2) is 0 Å². The number of para-hydroxylation sites is 6. The van der Waals surface area contributed by atoms with E-state index < -0.39 is 0 Å². The number of nitrogens with zero attached hydrogens (tertiary/aromatic N) is 2. The summed E-state index contributed by atoms with van der Waals surface area (Å²) in [6, 6.07) is 46.6. The van der Waals surface area contributed by atoms with Gasteiger partial charge in [0.2, 0.25) is 0 Å². The summed E-state index contributed by atoms with van der Waals surface area (Å²) >= 11 is 0. The van der Waals surface area contributed by atoms with Crippen molar-refractivity contribution < 1.29 is 18.9 Å². The van der Waals surface area contributed by atoms with Crippen LogP contribution in [-0.2, 0) is 0 Å². The van der Waals surface area contributed by atoms with Crippen molar-refractivity contribution in [3.63, 3.8) is 0 Å². The SMILES string of the molecule is c1ccc2c(c1)Oc1ccc3c4c1B2c1cc2c(cc1N4c1ccccc1O3)N1c3ccccc3Oc3ccc4c(c31)B2c1ccccc1O4. The predicted molar refractivity (Wildman–Crippen MR) is 198 cm³/mol. The molecule has 0 fully saturated rings. The van der Waals surface area contributed by atoms with E-state index in [9.17, 15) is 0 Å². The van der Waals surface area contributed by atoms with Crippen LogP contribution in [0.5, 0.6) is 46.0 Å². The fourth-order valence-electron chi connectivity index (χ4n) is 9.21. The Hall–Kier alpha value is -6.53. The summed E-state index contributed by atoms with van der Waals surface area (Å²) in [5.41, 5.74) is 13.3. The molecular weight excluding hydrogens is 618 g/mol. The van der Waals surface area contributed by atoms with Crippen molar-refractivity contribution >= 4 is 80.3 Å². The molecule has 0 aliphatic carbocycles. The molecule has 13 rings (SSSR count). The molecule has 6 aliphatic heterocycles. The molecule has 7 aromatic carbocycles. The molecule has 0 unspecified atom stereocenters. The Morgan fingerprint density at radius 1 is 0.320 bits per heavy atom. The van der Waals surface area contributed by atoms with Crippen molar-refractivity contribution in [2.45, 2.75) is 0 Å². The molecule has 8 heteroatoms. The first-order valence-electron chi connectivity index (χ1n) is 17.0. The van der Waals surface area contributed by atoms with Crippen LogP contribution in [0, 0.1) is 0 Å². The second-order valence-electron chi connectivity index (χ2n) is 13.6. The zero-order valence-electron chi connectivity index (χ0n) is 26.4. The Balaban J connectivity index is 1.18. The third kappa shape index (κ3) is 2.96. The number of fused-ring (bicyclic) bond motifs is 14. The summed E-state index contributed by atoms with van der Waals surface area (Å²) in [6.07, 6.45) is 0. The monoisotopic (exact) mass is 640 g/mol. The van der Waals surface area contributed by atoms with Gasteiger partial charge in [0.15, 0.2) is 23.0 Å². The Kier molecular flexibility index (Phi) is 4.45. The van der Waals surface area contributed by atoms with Crippen LogP contribution in [0.3, 0.4) is 0 Å². The highest BCUT2D eigenvalue weighted by Gasteiger charge is 2.50. The van der Waals surface area contributed by atoms with E-state index in [4.69, 9.17) is 18.9 Å². The van der Waals surface area contributed by atoms with Gasteiger partial charge >= 0.3 is 0 Å². The number of hydrogen-bond acceptors (Lipinski definition) is 6. The fourth-order valence-corrected chi connectivity index (χ4v) is 9.21. The smallest absolute Gasteiger partial charge is 0.256 e. The lowest BCUT2D eigenvalue weighted by Gasteiger charge is -2.46. The van der Waals surface area contributed by atoms with E-state index in [1.54, 1.807) is 0 Å². The van der Waals surface area contributed by atoms with E-state index >= 15 is 0 Å². The maximum Gasteiger partial charge on any atom is 0.256 e. The lowest BCUT2D eigenvalue weighted by molar-refractivity contribution is 0.468. The summed E-state index contributed by atoms with van der Waals surface area (Å²) < 4.78 is 26.5. The van der Waals surface area contributed by atoms with Gasteiger partial charge in [-0.05, 0) is 88.6 Å². The second-order valence-corrected chi connectivity index (χ2v) is 13.6. The van der Waals surface area contributed by atoms with Crippen LogP contribution in [0.25, 0.3) is 0 Å². The van der Waals surface area contributed by atoms with Gasteiger partial charge in [-0.2, -0.15) is 0 Å². The molecule has 6 nitrogen and oxygen atoms in total. The number of ether oxygens (including phenoxy) is 4. The number of anilines is 6. The fraction of sp³-hybridized carbons (Fsp3) is 0. The van der Waals surface area contributed by atoms with Gasteiger partial charge in [-0.1, -0.05) is 66.7 Å². The predicted octanol–water partition coefficient (Wildman–Crippen LogP) is 6.71. The lowest BCUT2D eigenvalue weighted by Crippen LogP contribution is -2.64. The van der Waals surface area contributed by atoms with Gasteiger partial charge in [0.1, 0.15) is 23.0 Å². The zero-order chi connectivity index (χ0) is 32.2. The second kappa shape index (κ2) is 8.73. The molecule has 0 spiro atoms. The topological polar surface area (TPSA) is 43.4 Å². The molecule has 0 aromatic heterocycles. The van der Waals surface area contributed by atoms with Crippen LogP contribution >= 0.6 is 0 Å². The van der Waals surface area contributed by atoms with E-state index in [-0.39, 0.29) is 13.4 Å². The van der Waals surface area contributed by atoms with Crippen molar-refractivity contribution in [2.75, 3.05) is 9.80 Å². The molecular formula is C42H22B2N2O4. The van der Waals surface area contributed by atoms with Crippen molar-refractivity contribution in [2.24, 2.45) is 0 Å². The van der Waals surface area contributed by atoms with Crippen LogP contribution in [-0.4, -0.2) is 13.4 Å². The molecule has 230 valence electrons. The van der Waals surface area contributed by atoms with E-state index in [2.05, 4.69) is 119 Å². The summed E-state index contributed by atoms with van der Waals surface area (Å²) in [5, 5.41) is 0. The van der Waals surface area contributed by atoms with Gasteiger partial charge in [-0.3, -0.25) is 0 Å². The van der Waals surface area contributed by atoms with Crippen molar-refractivity contribution in [1.82, 2.24) is 0 Å². The van der Waals surface area contributed by atoms with E-state index in [1.807, 2.05) is 24.3 Å². The Bertz CT molecular complexity index is 2360. The molecule has 7 aromatic rings. The van der Waals surface area contributed by atoms with Gasteiger partial charge in [0.25, 0.3) is 13.4 Å². The van der Waals surface area contributed by atoms with Gasteiger partial charge in [0, 0.05) is 22.3 Å². The molecule has 6 aliphatic rings. The van der Waals surface area contributed by atoms with Gasteiger partial charge in [0.05, 0.1) is 22.7 Å². The Labute approximate surface area is 287 Å². The molecule has 0 N–H and O–H groups in total. The third-order valence-electron chi connectivity index (χ3n) is 11.1. The molecule has 0 saturated carbocycles. The van der Waals surface area contributed by atoms with Gasteiger partial charge in [-0.15, -0.1) is 0 Å². The van der Waals surface area contributed by atoms with E-state index in [0.717, 1.165) is 102 Å². The van der Waals surface area contributed by atoms with E-state index in [1.165, 1.54) is 10.9 Å². The summed E-state index contributed by atoms with van der Waals surface area (Å²) in [5.74, 6) is 6.79. The van der Waals surface area contributed by atoms with Crippen LogP contribution in [0.2, 0.25) is 0 Å². The molecule has 0 radical (unpaired) electrons. The Morgan fingerprint density at radius 3 is 1.22 bits per heavy atom. The molecule has 50 heavy (non-hydrogen) atoms. The first-order chi connectivity index (χ1) is 24.8. The molecule has 6 heterocycles. The quantitative estimate of drug-likeness (QED) is 0.172. The number of hydrogen-bond donors (Lipinski definition) is 0. The minimum absolute atomic E-state index is 0.0606. The first kappa shape index (κ1) is 25.5. The van der Waals surface area contributed by atoms with Crippen LogP contribution in [0.1, 0.15) is 0 Å². The average molecular weight is 640 g/mol. The maximum atomic E-state index is 6.65. The number of rotatable bonds is 0. The first-order valence-corrected chi connectivity index (χ1v) is 17.0. The van der Waals surface area contributed by atoms with Crippen LogP contribution < -0.4 is 61.5 Å². The summed E-state index contributed by atoms with van der Waals surface area (Å²) in [6.45, 7) is -0.121. The highest BCUT2D eigenvalue weighted by Crippen LogP contribution is 2.56. The minimum atomic E-state index is -0.0606. The largest absolute Gasteiger partial charge is 0.458 e. The number of benzene rings is 7. The molecule has 0 amide bonds. The van der Waals surface area contributed by atoms with Crippen molar-refractivity contribution in [1.29, 1.82) is 0 Å². The lowest BCUT2D eigenvalue weighted by atomic mass is 9.30. The van der Waals surface area contributed by atoms with Crippen molar-refractivity contribution in [3.8, 4) is 46.0 Å². The third-order valence-corrected chi connectivity index (χ3v) is 11.1. The molecule has 0 bridgehead atoms.